The topological polar surface area (TPSA) is 85.7 Å². The second-order valence-electron chi connectivity index (χ2n) is 6.41. The quantitative estimate of drug-likeness (QED) is 0.760. The standard InChI is InChI=1S/C19H24N4O4/c1-22(16-7-9-26-14-16)19(25)13-23-12-15(11-20-23)21-18(24)8-10-27-17-5-3-2-4-6-17/h2-6,11-12,16H,7-10,13-14H2,1H3,(H,21,24)/t16-/m1/s1. The molecule has 27 heavy (non-hydrogen) atoms. The summed E-state index contributed by atoms with van der Waals surface area (Å²) in [6, 6.07) is 9.46. The molecule has 1 saturated heterocycles. The van der Waals surface area contributed by atoms with Crippen LogP contribution in [-0.2, 0) is 20.9 Å². The van der Waals surface area contributed by atoms with Gasteiger partial charge in [0.2, 0.25) is 11.8 Å². The van der Waals surface area contributed by atoms with E-state index in [0.29, 0.717) is 18.9 Å². The molecule has 1 fully saturated rings. The first-order chi connectivity index (χ1) is 13.1. The predicted octanol–water partition coefficient (Wildman–Crippen LogP) is 1.54. The number of hydrogen-bond acceptors (Lipinski definition) is 5. The van der Waals surface area contributed by atoms with Gasteiger partial charge in [0.25, 0.3) is 0 Å². The zero-order valence-corrected chi connectivity index (χ0v) is 15.3. The Morgan fingerprint density at radius 3 is 2.93 bits per heavy atom. The molecule has 8 nitrogen and oxygen atoms in total. The highest BCUT2D eigenvalue weighted by Crippen LogP contribution is 2.12. The fraction of sp³-hybridized carbons (Fsp3) is 0.421. The van der Waals surface area contributed by atoms with Crippen LogP contribution in [0.3, 0.4) is 0 Å². The summed E-state index contributed by atoms with van der Waals surface area (Å²) in [5, 5.41) is 6.90. The second-order valence-corrected chi connectivity index (χ2v) is 6.41. The van der Waals surface area contributed by atoms with Crippen molar-refractivity contribution in [2.45, 2.75) is 25.4 Å². The van der Waals surface area contributed by atoms with Gasteiger partial charge in [-0.25, -0.2) is 0 Å². The number of para-hydroxylation sites is 1. The Kier molecular flexibility index (Phi) is 6.43. The lowest BCUT2D eigenvalue weighted by Gasteiger charge is -2.23. The van der Waals surface area contributed by atoms with Gasteiger partial charge in [0, 0.05) is 19.9 Å². The Labute approximate surface area is 158 Å². The molecule has 1 atom stereocenters. The Morgan fingerprint density at radius 2 is 2.19 bits per heavy atom. The molecule has 1 aliphatic rings. The first-order valence-electron chi connectivity index (χ1n) is 8.95. The maximum atomic E-state index is 12.3. The largest absolute Gasteiger partial charge is 0.493 e. The zero-order chi connectivity index (χ0) is 19.1. The lowest BCUT2D eigenvalue weighted by atomic mass is 10.2. The molecule has 2 aromatic rings. The van der Waals surface area contributed by atoms with Gasteiger partial charge in [-0.05, 0) is 18.6 Å². The van der Waals surface area contributed by atoms with Gasteiger partial charge >= 0.3 is 0 Å². The number of aromatic nitrogens is 2. The van der Waals surface area contributed by atoms with E-state index in [-0.39, 0.29) is 37.4 Å². The third-order valence-electron chi connectivity index (χ3n) is 4.40. The van der Waals surface area contributed by atoms with E-state index in [1.54, 1.807) is 18.1 Å². The minimum Gasteiger partial charge on any atom is -0.493 e. The van der Waals surface area contributed by atoms with Gasteiger partial charge < -0.3 is 19.7 Å². The number of anilines is 1. The van der Waals surface area contributed by atoms with Crippen LogP contribution in [0, 0.1) is 0 Å². The summed E-state index contributed by atoms with van der Waals surface area (Å²) in [5.41, 5.74) is 0.555. The first-order valence-corrected chi connectivity index (χ1v) is 8.95. The number of benzene rings is 1. The highest BCUT2D eigenvalue weighted by molar-refractivity contribution is 5.90. The molecule has 0 saturated carbocycles. The Morgan fingerprint density at radius 1 is 1.37 bits per heavy atom. The monoisotopic (exact) mass is 372 g/mol. The molecule has 1 aromatic carbocycles. The van der Waals surface area contributed by atoms with Crippen LogP contribution < -0.4 is 10.1 Å². The number of amides is 2. The molecule has 1 N–H and O–H groups in total. The molecule has 0 unspecified atom stereocenters. The molecule has 0 aliphatic carbocycles. The molecule has 0 bridgehead atoms. The summed E-state index contributed by atoms with van der Waals surface area (Å²) in [6.45, 7) is 1.68. The summed E-state index contributed by atoms with van der Waals surface area (Å²) in [4.78, 5) is 26.0. The molecule has 2 amide bonds. The van der Waals surface area contributed by atoms with Crippen LogP contribution in [0.2, 0.25) is 0 Å². The van der Waals surface area contributed by atoms with Crippen molar-refractivity contribution in [3.05, 3.63) is 42.7 Å². The molecule has 3 rings (SSSR count). The summed E-state index contributed by atoms with van der Waals surface area (Å²) in [5.74, 6) is 0.521. The van der Waals surface area contributed by atoms with Crippen molar-refractivity contribution in [1.82, 2.24) is 14.7 Å². The molecule has 2 heterocycles. The van der Waals surface area contributed by atoms with E-state index in [1.807, 2.05) is 30.3 Å². The van der Waals surface area contributed by atoms with Gasteiger partial charge in [-0.1, -0.05) is 18.2 Å². The van der Waals surface area contributed by atoms with E-state index < -0.39 is 0 Å². The number of carbonyl (C=O) groups excluding carboxylic acids is 2. The van der Waals surface area contributed by atoms with E-state index in [9.17, 15) is 9.59 Å². The summed E-state index contributed by atoms with van der Waals surface area (Å²) in [6.07, 6.45) is 4.26. The minimum atomic E-state index is -0.169. The smallest absolute Gasteiger partial charge is 0.244 e. The van der Waals surface area contributed by atoms with Crippen molar-refractivity contribution in [2.24, 2.45) is 0 Å². The van der Waals surface area contributed by atoms with Crippen molar-refractivity contribution in [1.29, 1.82) is 0 Å². The number of ether oxygens (including phenoxy) is 2. The molecule has 0 spiro atoms. The molecule has 1 aliphatic heterocycles. The van der Waals surface area contributed by atoms with Gasteiger partial charge in [-0.3, -0.25) is 14.3 Å². The molecule has 1 aromatic heterocycles. The number of nitrogens with one attached hydrogen (secondary N) is 1. The van der Waals surface area contributed by atoms with Crippen LogP contribution in [0.15, 0.2) is 42.7 Å². The number of likely N-dealkylation sites (N-methyl/N-ethyl adjacent to an activating group) is 1. The Hall–Kier alpha value is -2.87. The molecule has 144 valence electrons. The first kappa shape index (κ1) is 18.9. The fourth-order valence-electron chi connectivity index (χ4n) is 2.80. The van der Waals surface area contributed by atoms with E-state index in [4.69, 9.17) is 9.47 Å². The Bertz CT molecular complexity index is 756. The maximum Gasteiger partial charge on any atom is 0.244 e. The number of carbonyl (C=O) groups is 2. The van der Waals surface area contributed by atoms with Gasteiger partial charge in [-0.15, -0.1) is 0 Å². The van der Waals surface area contributed by atoms with Crippen molar-refractivity contribution in [3.8, 4) is 5.75 Å². The van der Waals surface area contributed by atoms with Crippen LogP contribution in [-0.4, -0.2) is 59.4 Å². The predicted molar refractivity (Wildman–Crippen MR) is 99.4 cm³/mol. The molecule has 0 radical (unpaired) electrons. The van der Waals surface area contributed by atoms with Crippen LogP contribution in [0.1, 0.15) is 12.8 Å². The average molecular weight is 372 g/mol. The molecular formula is C19H24N4O4. The van der Waals surface area contributed by atoms with Gasteiger partial charge in [-0.2, -0.15) is 5.10 Å². The highest BCUT2D eigenvalue weighted by Gasteiger charge is 2.24. The van der Waals surface area contributed by atoms with Crippen molar-refractivity contribution < 1.29 is 19.1 Å². The third-order valence-corrected chi connectivity index (χ3v) is 4.40. The van der Waals surface area contributed by atoms with Crippen molar-refractivity contribution in [2.75, 3.05) is 32.2 Å². The minimum absolute atomic E-state index is 0.0391. The Balaban J connectivity index is 1.41. The number of hydrogen-bond donors (Lipinski definition) is 1. The van der Waals surface area contributed by atoms with Crippen LogP contribution in [0.25, 0.3) is 0 Å². The van der Waals surface area contributed by atoms with E-state index in [0.717, 1.165) is 12.2 Å². The number of nitrogens with zero attached hydrogens (tertiary/aromatic N) is 3. The zero-order valence-electron chi connectivity index (χ0n) is 15.3. The summed E-state index contributed by atoms with van der Waals surface area (Å²) >= 11 is 0. The second kappa shape index (κ2) is 9.18. The van der Waals surface area contributed by atoms with Crippen LogP contribution in [0.4, 0.5) is 5.69 Å². The molecular weight excluding hydrogens is 348 g/mol. The lowest BCUT2D eigenvalue weighted by molar-refractivity contribution is -0.132. The summed E-state index contributed by atoms with van der Waals surface area (Å²) in [7, 11) is 1.78. The van der Waals surface area contributed by atoms with Crippen LogP contribution >= 0.6 is 0 Å². The van der Waals surface area contributed by atoms with E-state index >= 15 is 0 Å². The van der Waals surface area contributed by atoms with E-state index in [1.165, 1.54) is 10.9 Å². The van der Waals surface area contributed by atoms with E-state index in [2.05, 4.69) is 10.4 Å². The fourth-order valence-corrected chi connectivity index (χ4v) is 2.80. The normalized spacial score (nSPS) is 16.1. The lowest BCUT2D eigenvalue weighted by Crippen LogP contribution is -2.39. The van der Waals surface area contributed by atoms with Gasteiger partial charge in [0.1, 0.15) is 12.3 Å². The van der Waals surface area contributed by atoms with Crippen molar-refractivity contribution in [3.63, 3.8) is 0 Å². The van der Waals surface area contributed by atoms with Crippen molar-refractivity contribution >= 4 is 17.5 Å². The van der Waals surface area contributed by atoms with Gasteiger partial charge in [0.15, 0.2) is 0 Å². The molecule has 8 heteroatoms. The summed E-state index contributed by atoms with van der Waals surface area (Å²) < 4.78 is 12.3. The number of rotatable bonds is 8. The van der Waals surface area contributed by atoms with Crippen LogP contribution in [0.5, 0.6) is 5.75 Å². The maximum absolute atomic E-state index is 12.3. The van der Waals surface area contributed by atoms with Gasteiger partial charge in [0.05, 0.1) is 37.6 Å². The SMILES string of the molecule is CN(C(=O)Cn1cc(NC(=O)CCOc2ccccc2)cn1)[C@@H]1CCOC1. The third kappa shape index (κ3) is 5.55. The highest BCUT2D eigenvalue weighted by atomic mass is 16.5. The average Bonchev–Trinajstić information content (AvgIpc) is 3.34.